The molecule has 0 saturated heterocycles. The highest BCUT2D eigenvalue weighted by atomic mass is 16.5. The van der Waals surface area contributed by atoms with Gasteiger partial charge in [-0.2, -0.15) is 0 Å². The molecule has 0 aliphatic rings. The van der Waals surface area contributed by atoms with Gasteiger partial charge in [0.15, 0.2) is 0 Å². The van der Waals surface area contributed by atoms with E-state index in [2.05, 4.69) is 39.8 Å². The van der Waals surface area contributed by atoms with E-state index in [0.29, 0.717) is 12.0 Å². The maximum absolute atomic E-state index is 5.67. The van der Waals surface area contributed by atoms with Crippen molar-refractivity contribution in [3.8, 4) is 0 Å². The largest absolute Gasteiger partial charge is 0.378 e. The topological polar surface area (TPSA) is 12.5 Å². The van der Waals surface area contributed by atoms with Crippen LogP contribution in [0.25, 0.3) is 0 Å². The van der Waals surface area contributed by atoms with Crippen molar-refractivity contribution in [2.75, 3.05) is 27.2 Å². The lowest BCUT2D eigenvalue weighted by Gasteiger charge is -2.16. The Morgan fingerprint density at radius 1 is 1.08 bits per heavy atom. The lowest BCUT2D eigenvalue weighted by Crippen LogP contribution is -2.17. The molecule has 0 aromatic rings. The van der Waals surface area contributed by atoms with Crippen molar-refractivity contribution in [3.63, 3.8) is 0 Å². The molecule has 80 valence electrons. The summed E-state index contributed by atoms with van der Waals surface area (Å²) in [6.07, 6.45) is 2.81. The highest BCUT2D eigenvalue weighted by Gasteiger charge is 2.05. The summed E-state index contributed by atoms with van der Waals surface area (Å²) in [5, 5.41) is 0. The minimum Gasteiger partial charge on any atom is -0.378 e. The number of rotatable bonds is 7. The molecule has 13 heavy (non-hydrogen) atoms. The molecule has 2 nitrogen and oxygen atoms in total. The summed E-state index contributed by atoms with van der Waals surface area (Å²) in [6.45, 7) is 8.62. The van der Waals surface area contributed by atoms with E-state index in [-0.39, 0.29) is 0 Å². The first kappa shape index (κ1) is 12.9. The molecular weight excluding hydrogens is 162 g/mol. The second-order valence-corrected chi connectivity index (χ2v) is 4.33. The maximum Gasteiger partial charge on any atom is 0.0569 e. The summed E-state index contributed by atoms with van der Waals surface area (Å²) in [4.78, 5) is 2.21. The SMILES string of the molecule is CC(C)[C@@H](C)OCCCCN(C)C. The third kappa shape index (κ3) is 8.26. The van der Waals surface area contributed by atoms with Crippen molar-refractivity contribution in [1.29, 1.82) is 0 Å². The van der Waals surface area contributed by atoms with Crippen LogP contribution in [0, 0.1) is 5.92 Å². The molecule has 0 bridgehead atoms. The number of unbranched alkanes of at least 4 members (excludes halogenated alkanes) is 1. The second kappa shape index (κ2) is 7.34. The van der Waals surface area contributed by atoms with Crippen molar-refractivity contribution in [2.45, 2.75) is 39.7 Å². The van der Waals surface area contributed by atoms with Crippen LogP contribution in [0.5, 0.6) is 0 Å². The lowest BCUT2D eigenvalue weighted by molar-refractivity contribution is 0.0328. The zero-order chi connectivity index (χ0) is 10.3. The van der Waals surface area contributed by atoms with Gasteiger partial charge in [0.05, 0.1) is 6.10 Å². The molecule has 0 saturated carbocycles. The number of ether oxygens (including phenoxy) is 1. The molecule has 0 rings (SSSR count). The summed E-state index contributed by atoms with van der Waals surface area (Å²) in [5.74, 6) is 0.633. The van der Waals surface area contributed by atoms with Gasteiger partial charge in [0, 0.05) is 6.61 Å². The third-order valence-corrected chi connectivity index (χ3v) is 2.32. The molecule has 0 aromatic heterocycles. The van der Waals surface area contributed by atoms with Crippen molar-refractivity contribution >= 4 is 0 Å². The van der Waals surface area contributed by atoms with Crippen molar-refractivity contribution in [1.82, 2.24) is 4.90 Å². The number of hydrogen-bond acceptors (Lipinski definition) is 2. The van der Waals surface area contributed by atoms with Gasteiger partial charge >= 0.3 is 0 Å². The number of hydrogen-bond donors (Lipinski definition) is 0. The van der Waals surface area contributed by atoms with E-state index >= 15 is 0 Å². The first-order valence-corrected chi connectivity index (χ1v) is 5.30. The fourth-order valence-corrected chi connectivity index (χ4v) is 0.992. The lowest BCUT2D eigenvalue weighted by atomic mass is 10.1. The molecule has 0 fully saturated rings. The van der Waals surface area contributed by atoms with Crippen LogP contribution in [0.2, 0.25) is 0 Å². The van der Waals surface area contributed by atoms with Gasteiger partial charge in [-0.15, -0.1) is 0 Å². The molecule has 0 aliphatic carbocycles. The van der Waals surface area contributed by atoms with Crippen LogP contribution in [0.15, 0.2) is 0 Å². The van der Waals surface area contributed by atoms with E-state index in [9.17, 15) is 0 Å². The Labute approximate surface area is 83.3 Å². The van der Waals surface area contributed by atoms with E-state index in [1.807, 2.05) is 0 Å². The quantitative estimate of drug-likeness (QED) is 0.567. The van der Waals surface area contributed by atoms with Gasteiger partial charge in [-0.3, -0.25) is 0 Å². The normalized spacial score (nSPS) is 14.1. The van der Waals surface area contributed by atoms with Gasteiger partial charge in [-0.1, -0.05) is 13.8 Å². The summed E-state index contributed by atoms with van der Waals surface area (Å²) in [5.41, 5.74) is 0. The molecule has 0 N–H and O–H groups in total. The van der Waals surface area contributed by atoms with Crippen molar-refractivity contribution in [3.05, 3.63) is 0 Å². The van der Waals surface area contributed by atoms with E-state index in [1.165, 1.54) is 19.4 Å². The average Bonchev–Trinajstić information content (AvgIpc) is 2.02. The first-order chi connectivity index (χ1) is 6.04. The average molecular weight is 187 g/mol. The Balaban J connectivity index is 3.16. The van der Waals surface area contributed by atoms with Gasteiger partial charge in [-0.05, 0) is 46.3 Å². The van der Waals surface area contributed by atoms with Gasteiger partial charge in [-0.25, -0.2) is 0 Å². The number of nitrogens with zero attached hydrogens (tertiary/aromatic N) is 1. The van der Waals surface area contributed by atoms with Gasteiger partial charge in [0.2, 0.25) is 0 Å². The van der Waals surface area contributed by atoms with Crippen LogP contribution in [0.4, 0.5) is 0 Å². The van der Waals surface area contributed by atoms with E-state index in [0.717, 1.165) is 6.61 Å². The molecule has 0 radical (unpaired) electrons. The second-order valence-electron chi connectivity index (χ2n) is 4.33. The molecule has 0 heterocycles. The molecule has 0 aromatic carbocycles. The summed E-state index contributed by atoms with van der Waals surface area (Å²) in [7, 11) is 4.22. The Morgan fingerprint density at radius 3 is 2.15 bits per heavy atom. The fourth-order valence-electron chi connectivity index (χ4n) is 0.992. The standard InChI is InChI=1S/C11H25NO/c1-10(2)11(3)13-9-7-6-8-12(4)5/h10-11H,6-9H2,1-5H3/t11-/m1/s1. The Hall–Kier alpha value is -0.0800. The van der Waals surface area contributed by atoms with Crippen LogP contribution in [-0.2, 0) is 4.74 Å². The van der Waals surface area contributed by atoms with Crippen LogP contribution in [-0.4, -0.2) is 38.3 Å². The summed E-state index contributed by atoms with van der Waals surface area (Å²) < 4.78 is 5.67. The first-order valence-electron chi connectivity index (χ1n) is 5.30. The molecule has 0 aliphatic heterocycles. The van der Waals surface area contributed by atoms with Crippen LogP contribution in [0.1, 0.15) is 33.6 Å². The van der Waals surface area contributed by atoms with Crippen LogP contribution < -0.4 is 0 Å². The van der Waals surface area contributed by atoms with Crippen molar-refractivity contribution in [2.24, 2.45) is 5.92 Å². The molecule has 0 unspecified atom stereocenters. The van der Waals surface area contributed by atoms with Gasteiger partial charge in [0.1, 0.15) is 0 Å². The van der Waals surface area contributed by atoms with E-state index < -0.39 is 0 Å². The molecular formula is C11H25NO. The predicted molar refractivity (Wildman–Crippen MR) is 58.0 cm³/mol. The minimum absolute atomic E-state index is 0.402. The highest BCUT2D eigenvalue weighted by Crippen LogP contribution is 2.05. The smallest absolute Gasteiger partial charge is 0.0569 e. The molecule has 1 atom stereocenters. The summed E-state index contributed by atoms with van der Waals surface area (Å²) in [6, 6.07) is 0. The molecule has 0 spiro atoms. The van der Waals surface area contributed by atoms with Gasteiger partial charge in [0.25, 0.3) is 0 Å². The minimum atomic E-state index is 0.402. The predicted octanol–water partition coefficient (Wildman–Crippen LogP) is 2.39. The monoisotopic (exact) mass is 187 g/mol. The third-order valence-electron chi connectivity index (χ3n) is 2.32. The van der Waals surface area contributed by atoms with E-state index in [4.69, 9.17) is 4.74 Å². The molecule has 2 heteroatoms. The summed E-state index contributed by atoms with van der Waals surface area (Å²) >= 11 is 0. The Bertz CT molecular complexity index is 113. The van der Waals surface area contributed by atoms with Crippen LogP contribution >= 0.6 is 0 Å². The fraction of sp³-hybridized carbons (Fsp3) is 1.00. The van der Waals surface area contributed by atoms with Gasteiger partial charge < -0.3 is 9.64 Å². The zero-order valence-electron chi connectivity index (χ0n) is 9.84. The van der Waals surface area contributed by atoms with Crippen molar-refractivity contribution < 1.29 is 4.74 Å². The Morgan fingerprint density at radius 2 is 1.69 bits per heavy atom. The van der Waals surface area contributed by atoms with E-state index in [1.54, 1.807) is 0 Å². The Kier molecular flexibility index (Phi) is 7.29. The molecule has 0 amide bonds. The highest BCUT2D eigenvalue weighted by molar-refractivity contribution is 4.54. The maximum atomic E-state index is 5.67. The van der Waals surface area contributed by atoms with Crippen LogP contribution in [0.3, 0.4) is 0 Å². The zero-order valence-corrected chi connectivity index (χ0v) is 9.84.